The summed E-state index contributed by atoms with van der Waals surface area (Å²) in [6.45, 7) is 6.40. The number of ether oxygens (including phenoxy) is 5. The first-order valence-corrected chi connectivity index (χ1v) is 8.21. The number of hydrogen-bond donors (Lipinski definition) is 0. The molecule has 0 spiro atoms. The van der Waals surface area contributed by atoms with Crippen LogP contribution in [-0.2, 0) is 38.1 Å². The SMILES string of the molecule is CCO[C@@H]1C[C@H](COC(C)=O)[C@H](OC(C)=O)[C@@H](/C=C/COC(C)=O)O1. The highest BCUT2D eigenvalue weighted by molar-refractivity contribution is 5.67. The molecule has 8 heteroatoms. The highest BCUT2D eigenvalue weighted by atomic mass is 16.7. The molecule has 0 bridgehead atoms. The fourth-order valence-electron chi connectivity index (χ4n) is 2.50. The topological polar surface area (TPSA) is 97.4 Å². The maximum absolute atomic E-state index is 11.5. The van der Waals surface area contributed by atoms with Gasteiger partial charge in [0.1, 0.15) is 18.8 Å². The van der Waals surface area contributed by atoms with E-state index < -0.39 is 36.4 Å². The molecule has 0 aromatic rings. The van der Waals surface area contributed by atoms with E-state index >= 15 is 0 Å². The van der Waals surface area contributed by atoms with E-state index in [0.717, 1.165) is 0 Å². The first-order valence-electron chi connectivity index (χ1n) is 8.21. The predicted molar refractivity (Wildman–Crippen MR) is 86.4 cm³/mol. The minimum Gasteiger partial charge on any atom is -0.465 e. The number of esters is 3. The van der Waals surface area contributed by atoms with Crippen LogP contribution in [0.5, 0.6) is 0 Å². The monoisotopic (exact) mass is 358 g/mol. The summed E-state index contributed by atoms with van der Waals surface area (Å²) in [5.41, 5.74) is 0. The van der Waals surface area contributed by atoms with Crippen molar-refractivity contribution in [1.29, 1.82) is 0 Å². The predicted octanol–water partition coefficient (Wildman–Crippen LogP) is 1.37. The molecule has 0 unspecified atom stereocenters. The molecule has 0 saturated carbocycles. The molecule has 0 N–H and O–H groups in total. The molecule has 0 amide bonds. The van der Waals surface area contributed by atoms with Gasteiger partial charge in [0.25, 0.3) is 0 Å². The van der Waals surface area contributed by atoms with Crippen LogP contribution in [0.15, 0.2) is 12.2 Å². The Morgan fingerprint density at radius 2 is 1.76 bits per heavy atom. The first-order chi connectivity index (χ1) is 11.8. The summed E-state index contributed by atoms with van der Waals surface area (Å²) in [5.74, 6) is -1.55. The van der Waals surface area contributed by atoms with Gasteiger partial charge in [0, 0.05) is 39.7 Å². The van der Waals surface area contributed by atoms with E-state index in [1.807, 2.05) is 6.92 Å². The zero-order chi connectivity index (χ0) is 18.8. The Labute approximate surface area is 147 Å². The molecule has 0 aromatic heterocycles. The first kappa shape index (κ1) is 21.1. The maximum atomic E-state index is 11.5. The average molecular weight is 358 g/mol. The van der Waals surface area contributed by atoms with Gasteiger partial charge in [-0.25, -0.2) is 0 Å². The van der Waals surface area contributed by atoms with Crippen molar-refractivity contribution in [2.24, 2.45) is 5.92 Å². The van der Waals surface area contributed by atoms with Gasteiger partial charge in [-0.3, -0.25) is 14.4 Å². The Balaban J connectivity index is 2.88. The van der Waals surface area contributed by atoms with Crippen molar-refractivity contribution >= 4 is 17.9 Å². The molecule has 0 aliphatic carbocycles. The third-order valence-corrected chi connectivity index (χ3v) is 3.46. The Morgan fingerprint density at radius 3 is 2.32 bits per heavy atom. The highest BCUT2D eigenvalue weighted by Crippen LogP contribution is 2.30. The Hall–Kier alpha value is -1.93. The third-order valence-electron chi connectivity index (χ3n) is 3.46. The van der Waals surface area contributed by atoms with Crippen molar-refractivity contribution in [2.45, 2.75) is 52.6 Å². The largest absolute Gasteiger partial charge is 0.465 e. The van der Waals surface area contributed by atoms with Crippen molar-refractivity contribution in [3.05, 3.63) is 12.2 Å². The summed E-state index contributed by atoms with van der Waals surface area (Å²) < 4.78 is 26.7. The second kappa shape index (κ2) is 10.8. The van der Waals surface area contributed by atoms with Gasteiger partial charge >= 0.3 is 17.9 Å². The number of hydrogen-bond acceptors (Lipinski definition) is 8. The quantitative estimate of drug-likeness (QED) is 0.364. The molecule has 142 valence electrons. The van der Waals surface area contributed by atoms with Gasteiger partial charge in [-0.15, -0.1) is 0 Å². The lowest BCUT2D eigenvalue weighted by Crippen LogP contribution is -2.49. The lowest BCUT2D eigenvalue weighted by atomic mass is 9.91. The fourth-order valence-corrected chi connectivity index (χ4v) is 2.50. The van der Waals surface area contributed by atoms with Crippen LogP contribution in [-0.4, -0.2) is 56.2 Å². The van der Waals surface area contributed by atoms with Crippen molar-refractivity contribution in [3.63, 3.8) is 0 Å². The van der Waals surface area contributed by atoms with Crippen LogP contribution in [0.25, 0.3) is 0 Å². The second-order valence-corrected chi connectivity index (χ2v) is 5.59. The van der Waals surface area contributed by atoms with E-state index in [-0.39, 0.29) is 19.1 Å². The van der Waals surface area contributed by atoms with E-state index in [4.69, 9.17) is 23.7 Å². The smallest absolute Gasteiger partial charge is 0.303 e. The fraction of sp³-hybridized carbons (Fsp3) is 0.706. The normalized spacial score (nSPS) is 26.2. The van der Waals surface area contributed by atoms with Crippen molar-refractivity contribution < 1.29 is 38.1 Å². The van der Waals surface area contributed by atoms with Gasteiger partial charge in [-0.05, 0) is 13.0 Å². The molecule has 1 aliphatic rings. The summed E-state index contributed by atoms with van der Waals surface area (Å²) in [4.78, 5) is 33.4. The maximum Gasteiger partial charge on any atom is 0.303 e. The standard InChI is InChI=1S/C17H26O8/c1-5-21-16-9-14(10-23-12(3)19)17(24-13(4)20)15(25-16)7-6-8-22-11(2)18/h6-7,14-17H,5,8-10H2,1-4H3/b7-6+/t14-,15-,16+,17+/m1/s1. The lowest BCUT2D eigenvalue weighted by Gasteiger charge is -2.39. The van der Waals surface area contributed by atoms with Crippen molar-refractivity contribution in [3.8, 4) is 0 Å². The van der Waals surface area contributed by atoms with Gasteiger partial charge < -0.3 is 23.7 Å². The van der Waals surface area contributed by atoms with Gasteiger partial charge in [0.15, 0.2) is 6.29 Å². The summed E-state index contributed by atoms with van der Waals surface area (Å²) >= 11 is 0. The number of carbonyl (C=O) groups is 3. The molecule has 1 rings (SSSR count). The van der Waals surface area contributed by atoms with Gasteiger partial charge in [-0.1, -0.05) is 6.08 Å². The van der Waals surface area contributed by atoms with E-state index in [0.29, 0.717) is 13.0 Å². The van der Waals surface area contributed by atoms with E-state index in [2.05, 4.69) is 0 Å². The minimum absolute atomic E-state index is 0.0793. The Kier molecular flexibility index (Phi) is 9.15. The van der Waals surface area contributed by atoms with Crippen LogP contribution in [0.2, 0.25) is 0 Å². The zero-order valence-electron chi connectivity index (χ0n) is 15.1. The molecule has 1 saturated heterocycles. The van der Waals surface area contributed by atoms with Crippen molar-refractivity contribution in [1.82, 2.24) is 0 Å². The van der Waals surface area contributed by atoms with Gasteiger partial charge in [0.2, 0.25) is 0 Å². The molecule has 1 heterocycles. The van der Waals surface area contributed by atoms with Crippen LogP contribution in [0.1, 0.15) is 34.1 Å². The molecular formula is C17H26O8. The summed E-state index contributed by atoms with van der Waals surface area (Å²) in [5, 5.41) is 0. The average Bonchev–Trinajstić information content (AvgIpc) is 2.51. The van der Waals surface area contributed by atoms with Crippen LogP contribution < -0.4 is 0 Å². The van der Waals surface area contributed by atoms with Gasteiger partial charge in [-0.2, -0.15) is 0 Å². The third kappa shape index (κ3) is 8.13. The van der Waals surface area contributed by atoms with Crippen LogP contribution in [0.4, 0.5) is 0 Å². The van der Waals surface area contributed by atoms with Crippen LogP contribution >= 0.6 is 0 Å². The molecule has 0 radical (unpaired) electrons. The summed E-state index contributed by atoms with van der Waals surface area (Å²) in [7, 11) is 0. The molecule has 1 aliphatic heterocycles. The molecule has 4 atom stereocenters. The highest BCUT2D eigenvalue weighted by Gasteiger charge is 2.40. The number of rotatable bonds is 8. The summed E-state index contributed by atoms with van der Waals surface area (Å²) in [6, 6.07) is 0. The zero-order valence-corrected chi connectivity index (χ0v) is 15.1. The van der Waals surface area contributed by atoms with Gasteiger partial charge in [0.05, 0.1) is 6.61 Å². The van der Waals surface area contributed by atoms with E-state index in [1.54, 1.807) is 12.2 Å². The molecule has 0 aromatic carbocycles. The Morgan fingerprint density at radius 1 is 1.08 bits per heavy atom. The summed E-state index contributed by atoms with van der Waals surface area (Å²) in [6.07, 6.45) is 1.93. The molecular weight excluding hydrogens is 332 g/mol. The van der Waals surface area contributed by atoms with Crippen molar-refractivity contribution in [2.75, 3.05) is 19.8 Å². The second-order valence-electron chi connectivity index (χ2n) is 5.59. The molecule has 25 heavy (non-hydrogen) atoms. The minimum atomic E-state index is -0.637. The van der Waals surface area contributed by atoms with E-state index in [9.17, 15) is 14.4 Å². The number of carbonyl (C=O) groups excluding carboxylic acids is 3. The Bertz CT molecular complexity index is 487. The molecule has 8 nitrogen and oxygen atoms in total. The lowest BCUT2D eigenvalue weighted by molar-refractivity contribution is -0.236. The molecule has 1 fully saturated rings. The van der Waals surface area contributed by atoms with Crippen LogP contribution in [0, 0.1) is 5.92 Å². The van der Waals surface area contributed by atoms with E-state index in [1.165, 1.54) is 20.8 Å². The van der Waals surface area contributed by atoms with Crippen LogP contribution in [0.3, 0.4) is 0 Å².